The third-order valence-corrected chi connectivity index (χ3v) is 0.566. The highest BCUT2D eigenvalue weighted by Crippen LogP contribution is 1.98. The molecule has 1 aromatic rings. The average Bonchev–Trinajstić information content (AvgIpc) is 2.05. The molecular weight excluding hydrogens is 209 g/mol. The summed E-state index contributed by atoms with van der Waals surface area (Å²) in [7, 11) is -2.87. The van der Waals surface area contributed by atoms with Gasteiger partial charge in [0.25, 0.3) is 5.97 Å². The largest absolute Gasteiger partial charge is 0.692 e. The number of hydrogen-bond acceptors (Lipinski definition) is 3. The zero-order valence-corrected chi connectivity index (χ0v) is 8.33. The number of aliphatic carboxylic acids is 1. The van der Waals surface area contributed by atoms with Crippen molar-refractivity contribution in [3.05, 3.63) is 30.6 Å². The molecule has 1 rings (SSSR count). The summed E-state index contributed by atoms with van der Waals surface area (Å²) in [4.78, 5) is 27.0. The lowest BCUT2D eigenvalue weighted by molar-refractivity contribution is -0.134. The lowest BCUT2D eigenvalue weighted by atomic mass is 10.5. The lowest BCUT2D eigenvalue weighted by Crippen LogP contribution is -1.78. The molecule has 0 unspecified atom stereocenters. The fourth-order valence-corrected chi connectivity index (χ4v) is 0.313. The van der Waals surface area contributed by atoms with Crippen molar-refractivity contribution in [1.82, 2.24) is 4.98 Å². The Bertz CT molecular complexity index is 207. The van der Waals surface area contributed by atoms with E-state index in [9.17, 15) is 0 Å². The zero-order valence-electron chi connectivity index (χ0n) is 7.44. The molecule has 7 heteroatoms. The second kappa shape index (κ2) is 11.6. The zero-order chi connectivity index (χ0) is 11.4. The number of rotatable bonds is 0. The van der Waals surface area contributed by atoms with Crippen molar-refractivity contribution >= 4 is 14.2 Å². The maximum atomic E-state index is 9.00. The minimum absolute atomic E-state index is 0.833. The van der Waals surface area contributed by atoms with Crippen LogP contribution in [0.2, 0.25) is 0 Å². The fourth-order valence-electron chi connectivity index (χ4n) is 0.313. The Morgan fingerprint density at radius 1 is 1.21 bits per heavy atom. The van der Waals surface area contributed by atoms with Gasteiger partial charge < -0.3 is 5.11 Å². The molecule has 0 aliphatic carbocycles. The summed E-state index contributed by atoms with van der Waals surface area (Å²) in [5, 5.41) is 7.42. The summed E-state index contributed by atoms with van der Waals surface area (Å²) < 4.78 is 8.70. The van der Waals surface area contributed by atoms with Gasteiger partial charge >= 0.3 is 8.25 Å². The van der Waals surface area contributed by atoms with Crippen LogP contribution in [0.3, 0.4) is 0 Å². The van der Waals surface area contributed by atoms with Gasteiger partial charge in [0.15, 0.2) is 0 Å². The Balaban J connectivity index is 0. The summed E-state index contributed by atoms with van der Waals surface area (Å²) in [5.41, 5.74) is 0. The number of hydrogen-bond donors (Lipinski definition) is 3. The van der Waals surface area contributed by atoms with E-state index in [2.05, 4.69) is 4.98 Å². The van der Waals surface area contributed by atoms with Crippen LogP contribution in [0.25, 0.3) is 0 Å². The minimum Gasteiger partial charge on any atom is -0.481 e. The number of carboxylic acid groups (broad SMARTS) is 1. The molecule has 0 radical (unpaired) electrons. The van der Waals surface area contributed by atoms with Gasteiger partial charge in [-0.1, -0.05) is 6.07 Å². The van der Waals surface area contributed by atoms with Gasteiger partial charge in [-0.2, -0.15) is 0 Å². The molecule has 0 aromatic carbocycles. The molecule has 3 N–H and O–H groups in total. The molecule has 1 heterocycles. The normalized spacial score (nSPS) is 7.07. The first-order valence-electron chi connectivity index (χ1n) is 3.36. The number of nitrogens with zero attached hydrogens (tertiary/aromatic N) is 1. The SMILES string of the molecule is CC(=O)O.O=[P+](O)O.c1ccncc1. The summed E-state index contributed by atoms with van der Waals surface area (Å²) in [5.74, 6) is -0.833. The Morgan fingerprint density at radius 3 is 1.57 bits per heavy atom. The topological polar surface area (TPSA) is 108 Å². The van der Waals surface area contributed by atoms with E-state index in [1.807, 2.05) is 18.2 Å². The first kappa shape index (κ1) is 15.1. The molecular formula is C7H11NO5P+. The summed E-state index contributed by atoms with van der Waals surface area (Å²) in [6.45, 7) is 1.08. The highest BCUT2D eigenvalue weighted by molar-refractivity contribution is 7.30. The highest BCUT2D eigenvalue weighted by atomic mass is 31.1. The molecule has 6 nitrogen and oxygen atoms in total. The van der Waals surface area contributed by atoms with E-state index in [0.717, 1.165) is 6.92 Å². The first-order chi connectivity index (χ1) is 6.46. The molecule has 0 spiro atoms. The van der Waals surface area contributed by atoms with Gasteiger partial charge in [0, 0.05) is 23.9 Å². The third-order valence-electron chi connectivity index (χ3n) is 0.566. The van der Waals surface area contributed by atoms with E-state index >= 15 is 0 Å². The monoisotopic (exact) mass is 220 g/mol. The molecule has 1 aromatic heterocycles. The Labute approximate surface area is 81.8 Å². The maximum absolute atomic E-state index is 9.00. The van der Waals surface area contributed by atoms with E-state index in [4.69, 9.17) is 24.3 Å². The lowest BCUT2D eigenvalue weighted by Gasteiger charge is -1.70. The van der Waals surface area contributed by atoms with E-state index in [1.165, 1.54) is 0 Å². The van der Waals surface area contributed by atoms with Crippen LogP contribution in [0.4, 0.5) is 0 Å². The minimum atomic E-state index is -2.87. The smallest absolute Gasteiger partial charge is 0.481 e. The molecule has 0 bridgehead atoms. The summed E-state index contributed by atoms with van der Waals surface area (Å²) in [6, 6.07) is 5.72. The second-order valence-electron chi connectivity index (χ2n) is 1.80. The standard InChI is InChI=1S/C5H5N.C2H4O2.HO3P/c1-2-4-6-5-3-1;1-2(3)4;1-4(2)3/h1-5H;1H3,(H,3,4);(H-,1,2,3)/p+1. The molecule has 14 heavy (non-hydrogen) atoms. The quantitative estimate of drug-likeness (QED) is 0.558. The summed E-state index contributed by atoms with van der Waals surface area (Å²) in [6.07, 6.45) is 3.50. The van der Waals surface area contributed by atoms with Crippen molar-refractivity contribution in [2.45, 2.75) is 6.92 Å². The van der Waals surface area contributed by atoms with Gasteiger partial charge in [-0.3, -0.25) is 9.78 Å². The maximum Gasteiger partial charge on any atom is 0.692 e. The van der Waals surface area contributed by atoms with Gasteiger partial charge in [-0.25, -0.2) is 0 Å². The number of carboxylic acids is 1. The third kappa shape index (κ3) is 45.9. The van der Waals surface area contributed by atoms with Crippen LogP contribution in [0, 0.1) is 0 Å². The van der Waals surface area contributed by atoms with Crippen molar-refractivity contribution in [2.24, 2.45) is 0 Å². The number of carbonyl (C=O) groups is 1. The van der Waals surface area contributed by atoms with E-state index in [0.29, 0.717) is 0 Å². The van der Waals surface area contributed by atoms with Gasteiger partial charge in [-0.05, 0) is 12.1 Å². The average molecular weight is 220 g/mol. The predicted molar refractivity (Wildman–Crippen MR) is 49.6 cm³/mol. The van der Waals surface area contributed by atoms with Crippen LogP contribution >= 0.6 is 8.25 Å². The van der Waals surface area contributed by atoms with Crippen LogP contribution in [0.15, 0.2) is 30.6 Å². The van der Waals surface area contributed by atoms with Crippen molar-refractivity contribution in [1.29, 1.82) is 0 Å². The highest BCUT2D eigenvalue weighted by Gasteiger charge is 1.93. The Morgan fingerprint density at radius 2 is 1.50 bits per heavy atom. The molecule has 0 atom stereocenters. The van der Waals surface area contributed by atoms with Crippen molar-refractivity contribution in [3.63, 3.8) is 0 Å². The van der Waals surface area contributed by atoms with Gasteiger partial charge in [0.05, 0.1) is 0 Å². The van der Waals surface area contributed by atoms with Gasteiger partial charge in [-0.15, -0.1) is 9.79 Å². The molecule has 0 amide bonds. The molecule has 0 saturated heterocycles. The van der Waals surface area contributed by atoms with E-state index < -0.39 is 14.2 Å². The van der Waals surface area contributed by atoms with Crippen molar-refractivity contribution in [3.8, 4) is 0 Å². The Hall–Kier alpha value is -1.36. The molecule has 0 saturated carbocycles. The second-order valence-corrected chi connectivity index (χ2v) is 2.30. The van der Waals surface area contributed by atoms with Crippen LogP contribution < -0.4 is 0 Å². The Kier molecular flexibility index (Phi) is 12.6. The number of pyridine rings is 1. The van der Waals surface area contributed by atoms with Gasteiger partial charge in [0.2, 0.25) is 0 Å². The van der Waals surface area contributed by atoms with E-state index in [1.54, 1.807) is 12.4 Å². The van der Waals surface area contributed by atoms with Crippen molar-refractivity contribution in [2.75, 3.05) is 0 Å². The molecule has 0 fully saturated rings. The number of aromatic nitrogens is 1. The van der Waals surface area contributed by atoms with Crippen molar-refractivity contribution < 1.29 is 24.3 Å². The first-order valence-corrected chi connectivity index (χ1v) is 4.53. The fraction of sp³-hybridized carbons (Fsp3) is 0.143. The molecule has 0 aliphatic rings. The van der Waals surface area contributed by atoms with Crippen LogP contribution in [0.5, 0.6) is 0 Å². The van der Waals surface area contributed by atoms with Crippen LogP contribution in [0.1, 0.15) is 6.92 Å². The predicted octanol–water partition coefficient (Wildman–Crippen LogP) is 0.801. The van der Waals surface area contributed by atoms with E-state index in [-0.39, 0.29) is 0 Å². The molecule has 0 aliphatic heterocycles. The van der Waals surface area contributed by atoms with Crippen LogP contribution in [-0.2, 0) is 9.36 Å². The van der Waals surface area contributed by atoms with Gasteiger partial charge in [0.1, 0.15) is 0 Å². The van der Waals surface area contributed by atoms with Crippen LogP contribution in [-0.4, -0.2) is 25.8 Å². The molecule has 78 valence electrons. The summed E-state index contributed by atoms with van der Waals surface area (Å²) >= 11 is 0.